The number of nitrogens with one attached hydrogen (secondary N) is 1. The fourth-order valence-electron chi connectivity index (χ4n) is 2.64. The van der Waals surface area contributed by atoms with Crippen LogP contribution in [0.3, 0.4) is 0 Å². The highest BCUT2D eigenvalue weighted by molar-refractivity contribution is 9.10. The van der Waals surface area contributed by atoms with Gasteiger partial charge in [-0.3, -0.25) is 0 Å². The van der Waals surface area contributed by atoms with Crippen LogP contribution in [0.5, 0.6) is 0 Å². The minimum Gasteiger partial charge on any atom is -0.352 e. The molecule has 2 rings (SSSR count). The van der Waals surface area contributed by atoms with Crippen molar-refractivity contribution >= 4 is 21.7 Å². The van der Waals surface area contributed by atoms with E-state index in [1.807, 2.05) is 0 Å². The predicted molar refractivity (Wildman–Crippen MR) is 80.5 cm³/mol. The minimum absolute atomic E-state index is 0.0477. The second-order valence-electron chi connectivity index (χ2n) is 5.22. The quantitative estimate of drug-likeness (QED) is 0.803. The summed E-state index contributed by atoms with van der Waals surface area (Å²) in [5.74, 6) is 0.0477. The molecule has 0 radical (unpaired) electrons. The molecule has 7 heteroatoms. The first kappa shape index (κ1) is 16.5. The summed E-state index contributed by atoms with van der Waals surface area (Å²) in [6.07, 6.45) is -0.161. The van der Waals surface area contributed by atoms with E-state index >= 15 is 0 Å². The minimum atomic E-state index is -4.39. The Balaban J connectivity index is 2.23. The lowest BCUT2D eigenvalue weighted by atomic mass is 10.2. The number of hydrogen-bond donors (Lipinski definition) is 1. The molecular formula is C14H19BrF3N3. The number of hydrogen-bond acceptors (Lipinski definition) is 3. The molecule has 3 nitrogen and oxygen atoms in total. The van der Waals surface area contributed by atoms with Crippen molar-refractivity contribution in [2.45, 2.75) is 38.4 Å². The third kappa shape index (κ3) is 4.10. The van der Waals surface area contributed by atoms with Crippen molar-refractivity contribution in [3.8, 4) is 0 Å². The summed E-state index contributed by atoms with van der Waals surface area (Å²) in [7, 11) is 0. The molecule has 118 valence electrons. The van der Waals surface area contributed by atoms with Gasteiger partial charge < -0.3 is 10.2 Å². The van der Waals surface area contributed by atoms with E-state index in [1.54, 1.807) is 4.90 Å². The van der Waals surface area contributed by atoms with E-state index in [2.05, 4.69) is 33.2 Å². The lowest BCUT2D eigenvalue weighted by Gasteiger charge is -2.28. The number of halogens is 4. The van der Waals surface area contributed by atoms with Crippen LogP contribution in [-0.4, -0.2) is 30.7 Å². The molecule has 1 atom stereocenters. The standard InChI is InChI=1S/C14H19BrF3N3/c1-2-5-19-9-11-4-3-6-21(11)13-12(14(16,17)18)7-10(15)8-20-13/h7-8,11,19H,2-6,9H2,1H3. The molecule has 1 aromatic heterocycles. The summed E-state index contributed by atoms with van der Waals surface area (Å²) in [5, 5.41) is 3.29. The fourth-order valence-corrected chi connectivity index (χ4v) is 2.97. The van der Waals surface area contributed by atoms with Gasteiger partial charge in [0.25, 0.3) is 0 Å². The summed E-state index contributed by atoms with van der Waals surface area (Å²) in [4.78, 5) is 5.83. The number of nitrogens with zero attached hydrogens (tertiary/aromatic N) is 2. The molecule has 1 saturated heterocycles. The van der Waals surface area contributed by atoms with E-state index in [9.17, 15) is 13.2 Å². The molecule has 2 heterocycles. The van der Waals surface area contributed by atoms with Crippen LogP contribution >= 0.6 is 15.9 Å². The Morgan fingerprint density at radius 1 is 1.48 bits per heavy atom. The Morgan fingerprint density at radius 3 is 2.90 bits per heavy atom. The Bertz CT molecular complexity index is 479. The van der Waals surface area contributed by atoms with Crippen molar-refractivity contribution in [3.05, 3.63) is 22.3 Å². The molecule has 1 aromatic rings. The molecule has 0 saturated carbocycles. The third-order valence-corrected chi connectivity index (χ3v) is 4.03. The zero-order valence-electron chi connectivity index (χ0n) is 11.9. The Morgan fingerprint density at radius 2 is 2.24 bits per heavy atom. The Labute approximate surface area is 131 Å². The smallest absolute Gasteiger partial charge is 0.352 e. The van der Waals surface area contributed by atoms with Gasteiger partial charge in [-0.1, -0.05) is 6.92 Å². The van der Waals surface area contributed by atoms with Crippen LogP contribution in [0.1, 0.15) is 31.7 Å². The van der Waals surface area contributed by atoms with Crippen LogP contribution in [0.2, 0.25) is 0 Å². The van der Waals surface area contributed by atoms with Gasteiger partial charge in [-0.15, -0.1) is 0 Å². The van der Waals surface area contributed by atoms with Gasteiger partial charge in [0.15, 0.2) is 0 Å². The maximum absolute atomic E-state index is 13.2. The van der Waals surface area contributed by atoms with E-state index in [0.29, 0.717) is 17.6 Å². The van der Waals surface area contributed by atoms with Crippen molar-refractivity contribution < 1.29 is 13.2 Å². The number of aromatic nitrogens is 1. The van der Waals surface area contributed by atoms with Gasteiger partial charge in [0, 0.05) is 29.8 Å². The Hall–Kier alpha value is -0.820. The molecule has 1 aliphatic rings. The van der Waals surface area contributed by atoms with Crippen molar-refractivity contribution in [3.63, 3.8) is 0 Å². The topological polar surface area (TPSA) is 28.2 Å². The molecule has 1 N–H and O–H groups in total. The van der Waals surface area contributed by atoms with Crippen LogP contribution in [0, 0.1) is 0 Å². The second kappa shape index (κ2) is 6.96. The molecule has 0 amide bonds. The maximum atomic E-state index is 13.2. The van der Waals surface area contributed by atoms with Gasteiger partial charge in [0.1, 0.15) is 5.82 Å². The van der Waals surface area contributed by atoms with Crippen molar-refractivity contribution in [1.82, 2.24) is 10.3 Å². The Kier molecular flexibility index (Phi) is 5.48. The highest BCUT2D eigenvalue weighted by Crippen LogP contribution is 2.38. The average molecular weight is 366 g/mol. The van der Waals surface area contributed by atoms with Crippen LogP contribution < -0.4 is 10.2 Å². The van der Waals surface area contributed by atoms with Gasteiger partial charge in [-0.25, -0.2) is 4.98 Å². The SMILES string of the molecule is CCCNCC1CCCN1c1ncc(Br)cc1C(F)(F)F. The zero-order valence-corrected chi connectivity index (χ0v) is 13.5. The predicted octanol–water partition coefficient (Wildman–Crippen LogP) is 3.83. The largest absolute Gasteiger partial charge is 0.419 e. The molecule has 0 aromatic carbocycles. The van der Waals surface area contributed by atoms with Gasteiger partial charge in [0.2, 0.25) is 0 Å². The lowest BCUT2D eigenvalue weighted by Crippen LogP contribution is -2.39. The average Bonchev–Trinajstić information content (AvgIpc) is 2.86. The molecule has 1 aliphatic heterocycles. The number of rotatable bonds is 5. The van der Waals surface area contributed by atoms with Crippen LogP contribution in [0.15, 0.2) is 16.7 Å². The van der Waals surface area contributed by atoms with E-state index in [0.717, 1.165) is 31.9 Å². The molecule has 1 unspecified atom stereocenters. The van der Waals surface area contributed by atoms with Crippen LogP contribution in [0.25, 0.3) is 0 Å². The number of alkyl halides is 3. The van der Waals surface area contributed by atoms with Crippen molar-refractivity contribution in [2.75, 3.05) is 24.5 Å². The van der Waals surface area contributed by atoms with E-state index < -0.39 is 11.7 Å². The second-order valence-corrected chi connectivity index (χ2v) is 6.13. The fraction of sp³-hybridized carbons (Fsp3) is 0.643. The molecule has 0 spiro atoms. The van der Waals surface area contributed by atoms with E-state index in [4.69, 9.17) is 0 Å². The highest BCUT2D eigenvalue weighted by atomic mass is 79.9. The lowest BCUT2D eigenvalue weighted by molar-refractivity contribution is -0.137. The summed E-state index contributed by atoms with van der Waals surface area (Å²) in [5.41, 5.74) is -0.667. The first-order valence-corrected chi connectivity index (χ1v) is 7.93. The molecular weight excluding hydrogens is 347 g/mol. The third-order valence-electron chi connectivity index (χ3n) is 3.59. The molecule has 21 heavy (non-hydrogen) atoms. The molecule has 0 bridgehead atoms. The highest BCUT2D eigenvalue weighted by Gasteiger charge is 2.38. The summed E-state index contributed by atoms with van der Waals surface area (Å²) in [6, 6.07) is 1.18. The normalized spacial score (nSPS) is 19.3. The maximum Gasteiger partial charge on any atom is 0.419 e. The summed E-state index contributed by atoms with van der Waals surface area (Å²) >= 11 is 3.07. The van der Waals surface area contributed by atoms with Crippen molar-refractivity contribution in [1.29, 1.82) is 0 Å². The summed E-state index contributed by atoms with van der Waals surface area (Å²) in [6.45, 7) is 4.26. The first-order valence-electron chi connectivity index (χ1n) is 7.13. The van der Waals surface area contributed by atoms with Crippen LogP contribution in [0.4, 0.5) is 19.0 Å². The monoisotopic (exact) mass is 365 g/mol. The van der Waals surface area contributed by atoms with Gasteiger partial charge in [0.05, 0.1) is 5.56 Å². The first-order chi connectivity index (χ1) is 9.93. The van der Waals surface area contributed by atoms with E-state index in [1.165, 1.54) is 6.20 Å². The van der Waals surface area contributed by atoms with Gasteiger partial charge in [-0.05, 0) is 47.8 Å². The van der Waals surface area contributed by atoms with Crippen LogP contribution in [-0.2, 0) is 6.18 Å². The zero-order chi connectivity index (χ0) is 15.5. The number of anilines is 1. The van der Waals surface area contributed by atoms with Gasteiger partial charge in [-0.2, -0.15) is 13.2 Å². The van der Waals surface area contributed by atoms with Gasteiger partial charge >= 0.3 is 6.18 Å². The number of pyridine rings is 1. The van der Waals surface area contributed by atoms with E-state index in [-0.39, 0.29) is 11.9 Å². The summed E-state index contributed by atoms with van der Waals surface area (Å²) < 4.78 is 40.0. The molecule has 1 fully saturated rings. The van der Waals surface area contributed by atoms with Crippen molar-refractivity contribution in [2.24, 2.45) is 0 Å². The molecule has 0 aliphatic carbocycles.